The lowest BCUT2D eigenvalue weighted by Gasteiger charge is -2.30. The zero-order chi connectivity index (χ0) is 70.2. The van der Waals surface area contributed by atoms with E-state index in [2.05, 4.69) is 67.5 Å². The number of aliphatic imine (C=N–C) groups is 2. The van der Waals surface area contributed by atoms with Crippen LogP contribution in [0.25, 0.3) is 10.9 Å². The molecular formula is C68H94N20O9. The fourth-order valence-corrected chi connectivity index (χ4v) is 10.8. The van der Waals surface area contributed by atoms with Gasteiger partial charge in [-0.05, 0) is 85.7 Å². The summed E-state index contributed by atoms with van der Waals surface area (Å²) in [5, 5.41) is 23.3. The van der Waals surface area contributed by atoms with E-state index in [9.17, 15) is 33.6 Å². The van der Waals surface area contributed by atoms with Gasteiger partial charge in [0, 0.05) is 74.2 Å². The van der Waals surface area contributed by atoms with E-state index >= 15 is 9.59 Å². The molecule has 6 rings (SSSR count). The van der Waals surface area contributed by atoms with Gasteiger partial charge in [-0.2, -0.15) is 0 Å². The number of aromatic amines is 2. The first-order valence-corrected chi connectivity index (χ1v) is 32.5. The number of amides is 9. The second-order valence-corrected chi connectivity index (χ2v) is 23.9. The Kier molecular flexibility index (Phi) is 30.5. The fraction of sp³-hybridized carbons (Fsp3) is 0.412. The number of rotatable bonds is 41. The molecule has 0 unspecified atom stereocenters. The Morgan fingerprint density at radius 2 is 0.887 bits per heavy atom. The van der Waals surface area contributed by atoms with Gasteiger partial charge in [-0.25, -0.2) is 4.98 Å². The minimum atomic E-state index is -1.44. The van der Waals surface area contributed by atoms with Gasteiger partial charge in [0.1, 0.15) is 48.3 Å². The molecule has 24 N–H and O–H groups in total. The van der Waals surface area contributed by atoms with Crippen LogP contribution < -0.4 is 82.7 Å². The topological polar surface area (TPSA) is 501 Å². The third-order valence-electron chi connectivity index (χ3n) is 16.4. The lowest BCUT2D eigenvalue weighted by atomic mass is 9.96. The maximum absolute atomic E-state index is 15.1. The number of para-hydroxylation sites is 1. The number of hydrogen-bond acceptors (Lipinski definition) is 14. The van der Waals surface area contributed by atoms with Crippen LogP contribution in [0.5, 0.6) is 0 Å². The van der Waals surface area contributed by atoms with Gasteiger partial charge in [0.05, 0.1) is 12.4 Å². The summed E-state index contributed by atoms with van der Waals surface area (Å²) >= 11 is 0. The summed E-state index contributed by atoms with van der Waals surface area (Å²) in [6, 6.07) is 22.4. The molecule has 0 aliphatic rings. The maximum atomic E-state index is 15.1. The van der Waals surface area contributed by atoms with E-state index in [1.807, 2.05) is 31.2 Å². The second-order valence-electron chi connectivity index (χ2n) is 23.9. The van der Waals surface area contributed by atoms with Crippen LogP contribution in [-0.2, 0) is 75.3 Å². The van der Waals surface area contributed by atoms with Crippen LogP contribution in [0.15, 0.2) is 144 Å². The highest BCUT2D eigenvalue weighted by atomic mass is 16.2. The third-order valence-corrected chi connectivity index (χ3v) is 16.4. The molecule has 4 aromatic carbocycles. The van der Waals surface area contributed by atoms with E-state index in [-0.39, 0.29) is 89.3 Å². The van der Waals surface area contributed by atoms with E-state index in [0.29, 0.717) is 53.6 Å². The standard InChI is InChI=1S/C68H94N20O9/c1-3-41(2)57(88-65(96)54(35-44-23-11-6-12-24-44)85-63(94)55(36-45-38-79-49-27-14-13-25-47(45)49)84-59(90)48(70)26-17-31-77-67(72)73)66(97)87-53(34-43-21-9-5-10-22-43)62(93)86-56(37-46-39-76-40-80-46)64(95)82-50(28-15-16-30-69)60(91)81-51(29-18-32-78-68(74)75)61(92)83-52(58(71)89)33-42-19-7-4-8-20-42/h4-14,19-25,27,38-41,48,50-57,79H,3,15-18,26,28-37,69-70H2,1-2H3,(H2,71,89)(H,76,80)(H,81,91)(H,82,95)(H,83,92)(H,84,90)(H,85,94)(H,86,93)(H,87,97)(H,88,96)(H4,72,73,77)(H4,74,75,78)/t41-,48-,50-,51-,52-,53+,54+,55+,56-,57-/m0/s1. The Labute approximate surface area is 563 Å². The smallest absolute Gasteiger partial charge is 0.243 e. The van der Waals surface area contributed by atoms with Crippen molar-refractivity contribution < 1.29 is 43.2 Å². The number of hydrogen-bond donors (Lipinski definition) is 17. The summed E-state index contributed by atoms with van der Waals surface area (Å²) < 4.78 is 0. The molecule has 6 aromatic rings. The highest BCUT2D eigenvalue weighted by Crippen LogP contribution is 2.21. The number of aromatic nitrogens is 3. The van der Waals surface area contributed by atoms with Crippen LogP contribution in [0.3, 0.4) is 0 Å². The number of H-pyrrole nitrogens is 2. The molecule has 0 spiro atoms. The molecule has 520 valence electrons. The first-order chi connectivity index (χ1) is 46.6. The van der Waals surface area contributed by atoms with Crippen molar-refractivity contribution in [3.63, 3.8) is 0 Å². The number of imidazole rings is 1. The predicted molar refractivity (Wildman–Crippen MR) is 370 cm³/mol. The number of nitrogens with one attached hydrogen (secondary N) is 10. The number of primary amides is 1. The molecule has 29 nitrogen and oxygen atoms in total. The molecule has 10 atom stereocenters. The average molecular weight is 1340 g/mol. The molecule has 0 saturated carbocycles. The number of guanidine groups is 2. The molecular weight excluding hydrogens is 1240 g/mol. The van der Waals surface area contributed by atoms with Crippen molar-refractivity contribution in [3.8, 4) is 0 Å². The molecule has 29 heteroatoms. The van der Waals surface area contributed by atoms with Gasteiger partial charge in [-0.1, -0.05) is 129 Å². The Morgan fingerprint density at radius 1 is 0.464 bits per heavy atom. The monoisotopic (exact) mass is 1330 g/mol. The van der Waals surface area contributed by atoms with Crippen molar-refractivity contribution in [2.75, 3.05) is 19.6 Å². The largest absolute Gasteiger partial charge is 0.370 e. The van der Waals surface area contributed by atoms with E-state index in [1.54, 1.807) is 104 Å². The van der Waals surface area contributed by atoms with Gasteiger partial charge < -0.3 is 92.6 Å². The fourth-order valence-electron chi connectivity index (χ4n) is 10.8. The molecule has 0 aliphatic carbocycles. The van der Waals surface area contributed by atoms with Gasteiger partial charge in [-0.3, -0.25) is 53.1 Å². The third kappa shape index (κ3) is 25.2. The maximum Gasteiger partial charge on any atom is 0.243 e. The van der Waals surface area contributed by atoms with E-state index in [4.69, 9.17) is 40.1 Å². The summed E-state index contributed by atoms with van der Waals surface area (Å²) in [6.07, 6.45) is 6.20. The molecule has 97 heavy (non-hydrogen) atoms. The number of nitrogens with two attached hydrogens (primary N) is 7. The van der Waals surface area contributed by atoms with Gasteiger partial charge in [0.25, 0.3) is 0 Å². The van der Waals surface area contributed by atoms with Crippen molar-refractivity contribution in [2.45, 2.75) is 152 Å². The van der Waals surface area contributed by atoms with Crippen molar-refractivity contribution in [1.82, 2.24) is 57.5 Å². The first kappa shape index (κ1) is 75.3. The van der Waals surface area contributed by atoms with Crippen LogP contribution in [0.1, 0.15) is 93.2 Å². The van der Waals surface area contributed by atoms with Crippen LogP contribution in [-0.4, -0.2) is 154 Å². The normalized spacial score (nSPS) is 14.2. The Balaban J connectivity index is 1.26. The van der Waals surface area contributed by atoms with E-state index in [1.165, 1.54) is 12.5 Å². The van der Waals surface area contributed by atoms with Crippen molar-refractivity contribution >= 4 is 76.0 Å². The van der Waals surface area contributed by atoms with Gasteiger partial charge >= 0.3 is 0 Å². The lowest BCUT2D eigenvalue weighted by molar-refractivity contribution is -0.136. The van der Waals surface area contributed by atoms with Gasteiger partial charge in [0.15, 0.2) is 11.9 Å². The Bertz CT molecular complexity index is 3570. The highest BCUT2D eigenvalue weighted by Gasteiger charge is 2.37. The molecule has 0 aliphatic heterocycles. The summed E-state index contributed by atoms with van der Waals surface area (Å²) in [5.41, 5.74) is 44.0. The summed E-state index contributed by atoms with van der Waals surface area (Å²) in [5.74, 6) is -7.74. The number of unbranched alkanes of at least 4 members (excludes halogenated alkanes) is 1. The minimum Gasteiger partial charge on any atom is -0.370 e. The number of fused-ring (bicyclic) bond motifs is 1. The number of benzene rings is 4. The average Bonchev–Trinajstić information content (AvgIpc) is 1.72. The van der Waals surface area contributed by atoms with Crippen LogP contribution in [0.4, 0.5) is 0 Å². The predicted octanol–water partition coefficient (Wildman–Crippen LogP) is -0.622. The van der Waals surface area contributed by atoms with Crippen molar-refractivity contribution in [2.24, 2.45) is 56.0 Å². The zero-order valence-corrected chi connectivity index (χ0v) is 54.8. The number of carbonyl (C=O) groups excluding carboxylic acids is 9. The van der Waals surface area contributed by atoms with E-state index in [0.717, 1.165) is 10.9 Å². The first-order valence-electron chi connectivity index (χ1n) is 32.5. The van der Waals surface area contributed by atoms with Crippen LogP contribution >= 0.6 is 0 Å². The Hall–Kier alpha value is -10.7. The molecule has 9 amide bonds. The quantitative estimate of drug-likeness (QED) is 0.0129. The molecule has 2 heterocycles. The van der Waals surface area contributed by atoms with Gasteiger partial charge in [-0.15, -0.1) is 0 Å². The SMILES string of the molecule is CC[C@H](C)[C@H](NC(=O)[C@@H](Cc1ccccc1)NC(=O)[C@@H](Cc1c[nH]c2ccccc12)NC(=O)[C@@H](N)CCCN=C(N)N)C(=O)N[C@H](Cc1ccccc1)C(=O)N[C@@H](Cc1cnc[nH]1)C(=O)N[C@@H](CCCCN)C(=O)N[C@@H](CCCN=C(N)N)C(=O)N[C@@H](Cc1ccccc1)C(N)=O. The van der Waals surface area contributed by atoms with Crippen LogP contribution in [0, 0.1) is 5.92 Å². The van der Waals surface area contributed by atoms with Gasteiger partial charge in [0.2, 0.25) is 53.2 Å². The summed E-state index contributed by atoms with van der Waals surface area (Å²) in [7, 11) is 0. The van der Waals surface area contributed by atoms with Crippen molar-refractivity contribution in [1.29, 1.82) is 0 Å². The number of carbonyl (C=O) groups is 9. The minimum absolute atomic E-state index is 0.00977. The summed E-state index contributed by atoms with van der Waals surface area (Å²) in [6.45, 7) is 4.12. The molecule has 2 aromatic heterocycles. The number of nitrogens with zero attached hydrogens (tertiary/aromatic N) is 3. The molecule has 0 radical (unpaired) electrons. The molecule has 0 saturated heterocycles. The second kappa shape index (κ2) is 39.2. The Morgan fingerprint density at radius 3 is 1.38 bits per heavy atom. The lowest BCUT2D eigenvalue weighted by Crippen LogP contribution is -2.62. The van der Waals surface area contributed by atoms with E-state index < -0.39 is 113 Å². The molecule has 0 fully saturated rings. The van der Waals surface area contributed by atoms with Crippen molar-refractivity contribution in [3.05, 3.63) is 162 Å². The molecule has 0 bridgehead atoms. The zero-order valence-electron chi connectivity index (χ0n) is 54.8. The van der Waals surface area contributed by atoms with Crippen LogP contribution in [0.2, 0.25) is 0 Å². The summed E-state index contributed by atoms with van der Waals surface area (Å²) in [4.78, 5) is 148. The highest BCUT2D eigenvalue weighted by molar-refractivity contribution is 5.99.